The van der Waals surface area contributed by atoms with E-state index in [2.05, 4.69) is 20.8 Å². The van der Waals surface area contributed by atoms with Crippen LogP contribution >= 0.6 is 15.9 Å². The average Bonchev–Trinajstić information content (AvgIpc) is 2.05. The molecule has 0 aliphatic heterocycles. The van der Waals surface area contributed by atoms with E-state index in [1.54, 1.807) is 0 Å². The van der Waals surface area contributed by atoms with Crippen molar-refractivity contribution in [3.63, 3.8) is 0 Å². The predicted octanol–water partition coefficient (Wildman–Crippen LogP) is 2.75. The van der Waals surface area contributed by atoms with Crippen LogP contribution in [0.3, 0.4) is 0 Å². The highest BCUT2D eigenvalue weighted by molar-refractivity contribution is 9.10. The molecule has 0 radical (unpaired) electrons. The minimum atomic E-state index is 0.409. The molecule has 1 aromatic rings. The molecule has 3 heteroatoms. The van der Waals surface area contributed by atoms with Gasteiger partial charge in [0.15, 0.2) is 6.61 Å². The molecule has 0 fully saturated rings. The summed E-state index contributed by atoms with van der Waals surface area (Å²) < 4.78 is 6.27. The standard InChI is InChI=1S/C9H8BrNO/c1-11-5-6-12-9-4-2-3-8(10)7-9/h2-4,7H,5-6H2. The lowest BCUT2D eigenvalue weighted by atomic mass is 10.3. The summed E-state index contributed by atoms with van der Waals surface area (Å²) >= 11 is 3.33. The Bertz CT molecular complexity index is 293. The molecule has 0 amide bonds. The van der Waals surface area contributed by atoms with E-state index in [9.17, 15) is 0 Å². The molecule has 1 rings (SSSR count). The molecular weight excluding hydrogens is 218 g/mol. The van der Waals surface area contributed by atoms with Crippen molar-refractivity contribution >= 4 is 15.9 Å². The van der Waals surface area contributed by atoms with Gasteiger partial charge in [0, 0.05) is 4.47 Å². The summed E-state index contributed by atoms with van der Waals surface area (Å²) in [5, 5.41) is 0. The first-order valence-electron chi connectivity index (χ1n) is 3.54. The molecule has 0 heterocycles. The Kier molecular flexibility index (Phi) is 3.62. The molecule has 0 saturated heterocycles. The average molecular weight is 226 g/mol. The molecule has 2 nitrogen and oxygen atoms in total. The lowest BCUT2D eigenvalue weighted by Crippen LogP contribution is -1.98. The summed E-state index contributed by atoms with van der Waals surface area (Å²) in [5.41, 5.74) is 0. The Morgan fingerprint density at radius 3 is 3.00 bits per heavy atom. The van der Waals surface area contributed by atoms with E-state index >= 15 is 0 Å². The van der Waals surface area contributed by atoms with Gasteiger partial charge in [0.2, 0.25) is 6.54 Å². The van der Waals surface area contributed by atoms with Crippen LogP contribution in [-0.4, -0.2) is 13.2 Å². The van der Waals surface area contributed by atoms with Crippen LogP contribution in [0.4, 0.5) is 0 Å². The van der Waals surface area contributed by atoms with Gasteiger partial charge in [-0.05, 0) is 18.2 Å². The minimum absolute atomic E-state index is 0.409. The molecule has 0 unspecified atom stereocenters. The minimum Gasteiger partial charge on any atom is -0.486 e. The fraction of sp³-hybridized carbons (Fsp3) is 0.222. The van der Waals surface area contributed by atoms with Crippen molar-refractivity contribution in [2.75, 3.05) is 13.2 Å². The third kappa shape index (κ3) is 2.93. The molecule has 0 atom stereocenters. The lowest BCUT2D eigenvalue weighted by molar-refractivity contribution is 0.336. The Labute approximate surface area is 80.1 Å². The second kappa shape index (κ2) is 4.78. The van der Waals surface area contributed by atoms with Gasteiger partial charge in [0.05, 0.1) is 0 Å². The van der Waals surface area contributed by atoms with Crippen LogP contribution in [0, 0.1) is 6.57 Å². The van der Waals surface area contributed by atoms with Gasteiger partial charge in [-0.15, -0.1) is 0 Å². The quantitative estimate of drug-likeness (QED) is 0.570. The number of hydrogen-bond acceptors (Lipinski definition) is 1. The smallest absolute Gasteiger partial charge is 0.248 e. The highest BCUT2D eigenvalue weighted by Crippen LogP contribution is 2.17. The normalized spacial score (nSPS) is 9.00. The summed E-state index contributed by atoms with van der Waals surface area (Å²) in [6.45, 7) is 7.41. The van der Waals surface area contributed by atoms with Crippen LogP contribution in [0.2, 0.25) is 0 Å². The third-order valence-electron chi connectivity index (χ3n) is 1.27. The second-order valence-corrected chi connectivity index (χ2v) is 3.10. The first kappa shape index (κ1) is 9.08. The molecule has 12 heavy (non-hydrogen) atoms. The predicted molar refractivity (Wildman–Crippen MR) is 51.1 cm³/mol. The zero-order chi connectivity index (χ0) is 8.81. The summed E-state index contributed by atoms with van der Waals surface area (Å²) in [5.74, 6) is 0.799. The number of rotatable bonds is 3. The fourth-order valence-electron chi connectivity index (χ4n) is 0.766. The van der Waals surface area contributed by atoms with E-state index in [-0.39, 0.29) is 0 Å². The largest absolute Gasteiger partial charge is 0.486 e. The van der Waals surface area contributed by atoms with Crippen LogP contribution in [0.15, 0.2) is 28.7 Å². The number of hydrogen-bond donors (Lipinski definition) is 0. The van der Waals surface area contributed by atoms with E-state index in [1.807, 2.05) is 24.3 Å². The Balaban J connectivity index is 2.48. The van der Waals surface area contributed by atoms with Crippen molar-refractivity contribution in [1.29, 1.82) is 0 Å². The molecule has 0 bridgehead atoms. The van der Waals surface area contributed by atoms with Gasteiger partial charge in [-0.2, -0.15) is 0 Å². The van der Waals surface area contributed by atoms with Gasteiger partial charge in [-0.1, -0.05) is 22.0 Å². The molecule has 0 N–H and O–H groups in total. The molecule has 0 saturated carbocycles. The molecule has 0 aromatic heterocycles. The van der Waals surface area contributed by atoms with Crippen LogP contribution in [0.25, 0.3) is 4.85 Å². The molecule has 0 aliphatic carbocycles. The van der Waals surface area contributed by atoms with Gasteiger partial charge in [0.25, 0.3) is 0 Å². The molecule has 62 valence electrons. The van der Waals surface area contributed by atoms with Crippen molar-refractivity contribution in [2.24, 2.45) is 0 Å². The molecular formula is C9H8BrNO. The molecule has 0 aliphatic rings. The van der Waals surface area contributed by atoms with Crippen LogP contribution < -0.4 is 4.74 Å². The summed E-state index contributed by atoms with van der Waals surface area (Å²) in [7, 11) is 0. The molecule has 1 aromatic carbocycles. The van der Waals surface area contributed by atoms with Crippen molar-refractivity contribution in [1.82, 2.24) is 0 Å². The monoisotopic (exact) mass is 225 g/mol. The van der Waals surface area contributed by atoms with E-state index in [0.29, 0.717) is 13.2 Å². The van der Waals surface area contributed by atoms with Gasteiger partial charge >= 0.3 is 0 Å². The van der Waals surface area contributed by atoms with Gasteiger partial charge in [-0.3, -0.25) is 0 Å². The van der Waals surface area contributed by atoms with Gasteiger partial charge in [0.1, 0.15) is 5.75 Å². The zero-order valence-electron chi connectivity index (χ0n) is 6.46. The highest BCUT2D eigenvalue weighted by Gasteiger charge is 1.94. The maximum Gasteiger partial charge on any atom is 0.248 e. The number of nitrogens with zero attached hydrogens (tertiary/aromatic N) is 1. The van der Waals surface area contributed by atoms with E-state index in [0.717, 1.165) is 10.2 Å². The van der Waals surface area contributed by atoms with Gasteiger partial charge in [-0.25, -0.2) is 6.57 Å². The van der Waals surface area contributed by atoms with E-state index in [4.69, 9.17) is 11.3 Å². The second-order valence-electron chi connectivity index (χ2n) is 2.19. The maximum atomic E-state index is 6.55. The first-order valence-corrected chi connectivity index (χ1v) is 4.34. The SMILES string of the molecule is [C-]#[N+]CCOc1cccc(Br)c1. The van der Waals surface area contributed by atoms with Crippen molar-refractivity contribution < 1.29 is 4.74 Å². The third-order valence-corrected chi connectivity index (χ3v) is 1.76. The van der Waals surface area contributed by atoms with Crippen molar-refractivity contribution in [3.8, 4) is 5.75 Å². The highest BCUT2D eigenvalue weighted by atomic mass is 79.9. The van der Waals surface area contributed by atoms with Crippen LogP contribution in [0.1, 0.15) is 0 Å². The topological polar surface area (TPSA) is 13.6 Å². The Hall–Kier alpha value is -1.01. The number of halogens is 1. The maximum absolute atomic E-state index is 6.55. The van der Waals surface area contributed by atoms with Crippen molar-refractivity contribution in [2.45, 2.75) is 0 Å². The fourth-order valence-corrected chi connectivity index (χ4v) is 1.14. The number of ether oxygens (including phenoxy) is 1. The summed E-state index contributed by atoms with van der Waals surface area (Å²) in [6.07, 6.45) is 0. The molecule has 0 spiro atoms. The van der Waals surface area contributed by atoms with Crippen LogP contribution in [-0.2, 0) is 0 Å². The Morgan fingerprint density at radius 1 is 1.50 bits per heavy atom. The summed E-state index contributed by atoms with van der Waals surface area (Å²) in [4.78, 5) is 3.19. The zero-order valence-corrected chi connectivity index (χ0v) is 8.04. The lowest BCUT2D eigenvalue weighted by Gasteiger charge is -2.01. The Morgan fingerprint density at radius 2 is 2.33 bits per heavy atom. The van der Waals surface area contributed by atoms with E-state index in [1.165, 1.54) is 0 Å². The van der Waals surface area contributed by atoms with E-state index < -0.39 is 0 Å². The van der Waals surface area contributed by atoms with Crippen molar-refractivity contribution in [3.05, 3.63) is 40.2 Å². The number of benzene rings is 1. The summed E-state index contributed by atoms with van der Waals surface area (Å²) in [6, 6.07) is 7.58. The van der Waals surface area contributed by atoms with Crippen LogP contribution in [0.5, 0.6) is 5.75 Å². The van der Waals surface area contributed by atoms with Gasteiger partial charge < -0.3 is 9.58 Å². The first-order chi connectivity index (χ1) is 5.83.